The van der Waals surface area contributed by atoms with Crippen molar-refractivity contribution in [3.05, 3.63) is 23.5 Å². The van der Waals surface area contributed by atoms with Gasteiger partial charge in [-0.2, -0.15) is 5.26 Å². The molecule has 0 unspecified atom stereocenters. The molecule has 0 amide bonds. The highest BCUT2D eigenvalue weighted by atomic mass is 15.0. The second-order valence-corrected chi connectivity index (χ2v) is 5.26. The topological polar surface area (TPSA) is 28.7 Å². The zero-order chi connectivity index (χ0) is 12.1. The summed E-state index contributed by atoms with van der Waals surface area (Å²) in [5, 5.41) is 9.05. The first-order valence-electron chi connectivity index (χ1n) is 6.13. The zero-order valence-electron chi connectivity index (χ0n) is 10.8. The standard InChI is InChI=1S/C14H22N2/c1-11(2)5-6-13-7-8-14(9-15)16(13)10-12(3)4/h7-8,11-12H,5-6,10H2,1-4H3. The summed E-state index contributed by atoms with van der Waals surface area (Å²) in [6.45, 7) is 9.80. The van der Waals surface area contributed by atoms with Gasteiger partial charge in [-0.25, -0.2) is 0 Å². The molecule has 0 radical (unpaired) electrons. The fraction of sp³-hybridized carbons (Fsp3) is 0.643. The highest BCUT2D eigenvalue weighted by Crippen LogP contribution is 2.15. The lowest BCUT2D eigenvalue weighted by atomic mass is 10.1. The van der Waals surface area contributed by atoms with Gasteiger partial charge in [0.1, 0.15) is 11.8 Å². The van der Waals surface area contributed by atoms with Crippen LogP contribution in [0.15, 0.2) is 12.1 Å². The lowest BCUT2D eigenvalue weighted by molar-refractivity contribution is 0.494. The minimum atomic E-state index is 0.581. The van der Waals surface area contributed by atoms with Gasteiger partial charge >= 0.3 is 0 Å². The average Bonchev–Trinajstić information content (AvgIpc) is 2.56. The summed E-state index contributed by atoms with van der Waals surface area (Å²) in [6, 6.07) is 6.31. The van der Waals surface area contributed by atoms with Crippen LogP contribution in [-0.4, -0.2) is 4.57 Å². The monoisotopic (exact) mass is 218 g/mol. The van der Waals surface area contributed by atoms with E-state index in [0.29, 0.717) is 11.8 Å². The number of nitriles is 1. The van der Waals surface area contributed by atoms with Crippen molar-refractivity contribution >= 4 is 0 Å². The van der Waals surface area contributed by atoms with Crippen molar-refractivity contribution in [2.75, 3.05) is 0 Å². The number of aryl methyl sites for hydroxylation is 1. The van der Waals surface area contributed by atoms with Gasteiger partial charge in [0.25, 0.3) is 0 Å². The van der Waals surface area contributed by atoms with Crippen LogP contribution in [0.4, 0.5) is 0 Å². The third-order valence-electron chi connectivity index (χ3n) is 2.71. The Balaban J connectivity index is 2.83. The van der Waals surface area contributed by atoms with Gasteiger partial charge in [0, 0.05) is 12.2 Å². The van der Waals surface area contributed by atoms with Crippen LogP contribution < -0.4 is 0 Å². The number of rotatable bonds is 5. The van der Waals surface area contributed by atoms with Gasteiger partial charge in [-0.1, -0.05) is 27.7 Å². The van der Waals surface area contributed by atoms with Crippen molar-refractivity contribution in [2.45, 2.75) is 47.1 Å². The molecule has 0 aromatic carbocycles. The maximum Gasteiger partial charge on any atom is 0.120 e. The first-order chi connectivity index (χ1) is 7.54. The summed E-state index contributed by atoms with van der Waals surface area (Å²) < 4.78 is 2.17. The summed E-state index contributed by atoms with van der Waals surface area (Å²) in [5.74, 6) is 1.30. The molecule has 2 nitrogen and oxygen atoms in total. The smallest absolute Gasteiger partial charge is 0.120 e. The molecule has 0 bridgehead atoms. The van der Waals surface area contributed by atoms with E-state index >= 15 is 0 Å². The van der Waals surface area contributed by atoms with Crippen LogP contribution in [0.1, 0.15) is 45.5 Å². The first-order valence-corrected chi connectivity index (χ1v) is 6.13. The van der Waals surface area contributed by atoms with Crippen LogP contribution in [0, 0.1) is 23.2 Å². The lowest BCUT2D eigenvalue weighted by Gasteiger charge is -2.13. The average molecular weight is 218 g/mol. The number of hydrogen-bond donors (Lipinski definition) is 0. The summed E-state index contributed by atoms with van der Waals surface area (Å²) in [5.41, 5.74) is 2.10. The van der Waals surface area contributed by atoms with Crippen LogP contribution in [0.5, 0.6) is 0 Å². The maximum atomic E-state index is 9.05. The first kappa shape index (κ1) is 12.8. The van der Waals surface area contributed by atoms with E-state index in [4.69, 9.17) is 5.26 Å². The molecule has 0 aliphatic rings. The second-order valence-electron chi connectivity index (χ2n) is 5.26. The Morgan fingerprint density at radius 1 is 1.19 bits per heavy atom. The molecule has 0 aliphatic carbocycles. The molecule has 1 aromatic heterocycles. The molecular weight excluding hydrogens is 196 g/mol. The van der Waals surface area contributed by atoms with Gasteiger partial charge in [-0.05, 0) is 36.8 Å². The Morgan fingerprint density at radius 2 is 1.88 bits per heavy atom. The summed E-state index contributed by atoms with van der Waals surface area (Å²) in [6.07, 6.45) is 2.26. The molecule has 0 spiro atoms. The molecule has 0 atom stereocenters. The largest absolute Gasteiger partial charge is 0.336 e. The van der Waals surface area contributed by atoms with E-state index in [2.05, 4.69) is 44.4 Å². The summed E-state index contributed by atoms with van der Waals surface area (Å²) >= 11 is 0. The van der Waals surface area contributed by atoms with E-state index in [1.165, 1.54) is 12.1 Å². The number of aromatic nitrogens is 1. The van der Waals surface area contributed by atoms with Crippen molar-refractivity contribution < 1.29 is 0 Å². The SMILES string of the molecule is CC(C)CCc1ccc(C#N)n1CC(C)C. The van der Waals surface area contributed by atoms with Gasteiger partial charge < -0.3 is 4.57 Å². The van der Waals surface area contributed by atoms with Gasteiger partial charge in [-0.15, -0.1) is 0 Å². The van der Waals surface area contributed by atoms with Gasteiger partial charge in [-0.3, -0.25) is 0 Å². The fourth-order valence-corrected chi connectivity index (χ4v) is 1.84. The van der Waals surface area contributed by atoms with Crippen LogP contribution in [0.3, 0.4) is 0 Å². The lowest BCUT2D eigenvalue weighted by Crippen LogP contribution is -2.10. The highest BCUT2D eigenvalue weighted by molar-refractivity contribution is 5.27. The molecule has 16 heavy (non-hydrogen) atoms. The molecule has 0 saturated heterocycles. The van der Waals surface area contributed by atoms with E-state index in [1.54, 1.807) is 0 Å². The van der Waals surface area contributed by atoms with Crippen molar-refractivity contribution in [3.8, 4) is 6.07 Å². The van der Waals surface area contributed by atoms with Gasteiger partial charge in [0.15, 0.2) is 0 Å². The molecule has 1 rings (SSSR count). The molecule has 0 fully saturated rings. The quantitative estimate of drug-likeness (QED) is 0.742. The third kappa shape index (κ3) is 3.41. The van der Waals surface area contributed by atoms with Crippen molar-refractivity contribution in [3.63, 3.8) is 0 Å². The molecule has 0 saturated carbocycles. The molecule has 1 aromatic rings. The van der Waals surface area contributed by atoms with Crippen LogP contribution in [0.25, 0.3) is 0 Å². The molecule has 2 heteroatoms. The fourth-order valence-electron chi connectivity index (χ4n) is 1.84. The Labute approximate surface area is 98.9 Å². The number of hydrogen-bond acceptors (Lipinski definition) is 1. The minimum Gasteiger partial charge on any atom is -0.336 e. The van der Waals surface area contributed by atoms with Crippen molar-refractivity contribution in [1.29, 1.82) is 5.26 Å². The summed E-state index contributed by atoms with van der Waals surface area (Å²) in [7, 11) is 0. The van der Waals surface area contributed by atoms with Crippen LogP contribution >= 0.6 is 0 Å². The van der Waals surface area contributed by atoms with Crippen molar-refractivity contribution in [1.82, 2.24) is 4.57 Å². The van der Waals surface area contributed by atoms with E-state index < -0.39 is 0 Å². The summed E-state index contributed by atoms with van der Waals surface area (Å²) in [4.78, 5) is 0. The van der Waals surface area contributed by atoms with Gasteiger partial charge in [0.2, 0.25) is 0 Å². The van der Waals surface area contributed by atoms with E-state index in [9.17, 15) is 0 Å². The van der Waals surface area contributed by atoms with Gasteiger partial charge in [0.05, 0.1) is 0 Å². The predicted octanol–water partition coefficient (Wildman–Crippen LogP) is 3.60. The second kappa shape index (κ2) is 5.75. The van der Waals surface area contributed by atoms with E-state index in [1.807, 2.05) is 6.07 Å². The molecular formula is C14H22N2. The molecule has 0 aliphatic heterocycles. The van der Waals surface area contributed by atoms with Crippen LogP contribution in [0.2, 0.25) is 0 Å². The van der Waals surface area contributed by atoms with E-state index in [0.717, 1.165) is 18.7 Å². The molecule has 88 valence electrons. The maximum absolute atomic E-state index is 9.05. The third-order valence-corrected chi connectivity index (χ3v) is 2.71. The minimum absolute atomic E-state index is 0.581. The Hall–Kier alpha value is -1.23. The predicted molar refractivity (Wildman–Crippen MR) is 67.1 cm³/mol. The number of nitrogens with zero attached hydrogens (tertiary/aromatic N) is 2. The van der Waals surface area contributed by atoms with Crippen molar-refractivity contribution in [2.24, 2.45) is 11.8 Å². The van der Waals surface area contributed by atoms with E-state index in [-0.39, 0.29) is 0 Å². The Morgan fingerprint density at radius 3 is 2.38 bits per heavy atom. The normalized spacial score (nSPS) is 11.1. The Kier molecular flexibility index (Phi) is 4.61. The molecule has 1 heterocycles. The Bertz CT molecular complexity index is 367. The zero-order valence-corrected chi connectivity index (χ0v) is 10.8. The molecule has 0 N–H and O–H groups in total. The van der Waals surface area contributed by atoms with Crippen LogP contribution in [-0.2, 0) is 13.0 Å². The highest BCUT2D eigenvalue weighted by Gasteiger charge is 2.09.